The summed E-state index contributed by atoms with van der Waals surface area (Å²) in [6.07, 6.45) is 7.69. The Labute approximate surface area is 254 Å². The highest BCUT2D eigenvalue weighted by atomic mass is 35.5. The molecule has 0 spiro atoms. The van der Waals surface area contributed by atoms with Gasteiger partial charge in [0.1, 0.15) is 0 Å². The van der Waals surface area contributed by atoms with Crippen LogP contribution in [0.4, 0.5) is 11.4 Å². The first-order valence-electron chi connectivity index (χ1n) is 14.0. The number of carbonyl (C=O) groups is 2. The predicted molar refractivity (Wildman–Crippen MR) is 178 cm³/mol. The summed E-state index contributed by atoms with van der Waals surface area (Å²) >= 11 is 12.1. The lowest BCUT2D eigenvalue weighted by atomic mass is 10.0. The molecule has 0 fully saturated rings. The lowest BCUT2D eigenvalue weighted by molar-refractivity contribution is -0.107. The van der Waals surface area contributed by atoms with Gasteiger partial charge in [0.2, 0.25) is 12.8 Å². The Morgan fingerprint density at radius 1 is 0.900 bits per heavy atom. The number of halogens is 2. The minimum absolute atomic E-state index is 0.250. The Morgan fingerprint density at radius 2 is 1.27 bits per heavy atom. The quantitative estimate of drug-likeness (QED) is 0.0874. The Kier molecular flexibility index (Phi) is 34.4. The maximum atomic E-state index is 11.7. The van der Waals surface area contributed by atoms with E-state index in [1.807, 2.05) is 39.8 Å². The number of amides is 2. The average Bonchev–Trinajstić information content (AvgIpc) is 2.92. The van der Waals surface area contributed by atoms with Crippen molar-refractivity contribution in [2.45, 2.75) is 93.5 Å². The molecule has 0 aliphatic heterocycles. The highest BCUT2D eigenvalue weighted by molar-refractivity contribution is 6.35. The van der Waals surface area contributed by atoms with Crippen molar-refractivity contribution < 1.29 is 9.59 Å². The number of benzene rings is 2. The van der Waals surface area contributed by atoms with Crippen LogP contribution in [0.1, 0.15) is 99.1 Å². The third-order valence-electron chi connectivity index (χ3n) is 4.47. The van der Waals surface area contributed by atoms with Gasteiger partial charge < -0.3 is 11.5 Å². The Hall–Kier alpha value is -2.58. The topological polar surface area (TPSA) is 119 Å². The van der Waals surface area contributed by atoms with Crippen LogP contribution >= 0.6 is 23.2 Å². The molecule has 40 heavy (non-hydrogen) atoms. The fourth-order valence-corrected chi connectivity index (χ4v) is 3.46. The molecule has 0 aliphatic carbocycles. The highest BCUT2D eigenvalue weighted by Gasteiger charge is 2.24. The minimum atomic E-state index is -0.437. The highest BCUT2D eigenvalue weighted by Crippen LogP contribution is 2.32. The van der Waals surface area contributed by atoms with Gasteiger partial charge in [-0.05, 0) is 35.9 Å². The molecule has 1 atom stereocenters. The molecule has 0 heterocycles. The molecule has 0 saturated heterocycles. The van der Waals surface area contributed by atoms with Crippen molar-refractivity contribution >= 4 is 47.4 Å². The van der Waals surface area contributed by atoms with Crippen LogP contribution in [0.25, 0.3) is 0 Å². The van der Waals surface area contributed by atoms with Crippen molar-refractivity contribution in [3.63, 3.8) is 0 Å². The molecule has 230 valence electrons. The molecular weight excluding hydrogens is 545 g/mol. The van der Waals surface area contributed by atoms with E-state index < -0.39 is 6.04 Å². The summed E-state index contributed by atoms with van der Waals surface area (Å²) in [6, 6.07) is 11.6. The zero-order chi connectivity index (χ0) is 32.1. The van der Waals surface area contributed by atoms with Crippen LogP contribution < -0.4 is 22.2 Å². The smallest absolute Gasteiger partial charge is 0.218 e. The van der Waals surface area contributed by atoms with Gasteiger partial charge in [0.15, 0.2) is 0 Å². The molecule has 2 rings (SSSR count). The standard InChI is InChI=1S/C17H18Cl2N4O.C6H14.C3H8.2C2H6.CH3NO/c1-11(17(22(2)21)12-3-5-15(20)6-4-12)23(10-24)16-8-13(18)7-14(19)9-16;1-3-5-6-4-2;1-3-2;2*1-2;2-1-3/h3-10,17H,1,20-21H2,2H3;3-6H2,1-2H3;3H2,1-2H3;2*1-2H3;1H,(H2,2,3). The van der Waals surface area contributed by atoms with E-state index in [1.165, 1.54) is 42.0 Å². The van der Waals surface area contributed by atoms with E-state index in [4.69, 9.17) is 39.6 Å². The monoisotopic (exact) mass is 599 g/mol. The van der Waals surface area contributed by atoms with Gasteiger partial charge in [0.05, 0.1) is 11.7 Å². The molecule has 0 aliphatic rings. The summed E-state index contributed by atoms with van der Waals surface area (Å²) in [4.78, 5) is 21.6. The van der Waals surface area contributed by atoms with E-state index in [0.717, 1.165) is 5.56 Å². The maximum absolute atomic E-state index is 11.7. The summed E-state index contributed by atoms with van der Waals surface area (Å²) in [5.41, 5.74) is 12.3. The second-order valence-electron chi connectivity index (χ2n) is 7.88. The predicted octanol–water partition coefficient (Wildman–Crippen LogP) is 8.76. The summed E-state index contributed by atoms with van der Waals surface area (Å²) in [5.74, 6) is 5.98. The van der Waals surface area contributed by atoms with Crippen molar-refractivity contribution in [1.29, 1.82) is 0 Å². The summed E-state index contributed by atoms with van der Waals surface area (Å²) in [5, 5.41) is 2.31. The van der Waals surface area contributed by atoms with Crippen molar-refractivity contribution in [2.75, 3.05) is 17.7 Å². The number of nitrogens with two attached hydrogens (primary N) is 3. The van der Waals surface area contributed by atoms with Gasteiger partial charge in [0, 0.05) is 28.5 Å². The second kappa shape index (κ2) is 31.0. The van der Waals surface area contributed by atoms with E-state index in [-0.39, 0.29) is 6.41 Å². The van der Waals surface area contributed by atoms with Gasteiger partial charge in [0.25, 0.3) is 0 Å². The number of hydrazine groups is 1. The number of rotatable bonds is 9. The molecule has 6 N–H and O–H groups in total. The lowest BCUT2D eigenvalue weighted by Gasteiger charge is -2.31. The van der Waals surface area contributed by atoms with E-state index in [2.05, 4.69) is 40.0 Å². The molecule has 2 amide bonds. The third-order valence-corrected chi connectivity index (χ3v) is 4.91. The Balaban J connectivity index is -0.000000337. The van der Waals surface area contributed by atoms with Crippen LogP contribution in [-0.4, -0.2) is 24.9 Å². The first kappa shape index (κ1) is 44.4. The molecule has 1 unspecified atom stereocenters. The molecule has 0 saturated carbocycles. The zero-order valence-electron chi connectivity index (χ0n) is 26.2. The third kappa shape index (κ3) is 21.3. The Morgan fingerprint density at radius 3 is 1.57 bits per heavy atom. The van der Waals surface area contributed by atoms with Crippen molar-refractivity contribution in [3.8, 4) is 0 Å². The maximum Gasteiger partial charge on any atom is 0.218 e. The van der Waals surface area contributed by atoms with Crippen LogP contribution in [0.5, 0.6) is 0 Å². The molecule has 2 aromatic rings. The van der Waals surface area contributed by atoms with Gasteiger partial charge in [-0.2, -0.15) is 0 Å². The van der Waals surface area contributed by atoms with Gasteiger partial charge in [-0.15, -0.1) is 0 Å². The number of nitrogen functional groups attached to an aromatic ring is 1. The SMILES string of the molecule is C=C(C(c1ccc(N)cc1)N(C)N)N(C=O)c1cc(Cl)cc(Cl)c1.CC.CC.CCC.CCCCCC.NC=O. The zero-order valence-corrected chi connectivity index (χ0v) is 27.7. The normalized spacial score (nSPS) is 9.62. The number of nitrogens with zero attached hydrogens (tertiary/aromatic N) is 2. The van der Waals surface area contributed by atoms with Gasteiger partial charge in [-0.3, -0.25) is 20.3 Å². The number of unbranched alkanes of at least 4 members (excludes halogenated alkanes) is 3. The number of likely N-dealkylation sites (N-methyl/N-ethyl adjacent to an activating group) is 1. The van der Waals surface area contributed by atoms with Crippen molar-refractivity contribution in [2.24, 2.45) is 11.6 Å². The van der Waals surface area contributed by atoms with Crippen LogP contribution in [0.15, 0.2) is 54.7 Å². The first-order chi connectivity index (χ1) is 19.1. The fraction of sp³-hybridized carbons (Fsp3) is 0.484. The molecule has 7 nitrogen and oxygen atoms in total. The van der Waals surface area contributed by atoms with E-state index in [0.29, 0.717) is 33.5 Å². The van der Waals surface area contributed by atoms with Gasteiger partial charge in [-0.1, -0.05) is 129 Å². The van der Waals surface area contributed by atoms with E-state index in [1.54, 1.807) is 37.4 Å². The molecular formula is C31H55Cl2N5O2. The van der Waals surface area contributed by atoms with Gasteiger partial charge >= 0.3 is 0 Å². The second-order valence-corrected chi connectivity index (χ2v) is 8.75. The molecule has 2 aromatic carbocycles. The van der Waals surface area contributed by atoms with Gasteiger partial charge in [-0.25, -0.2) is 5.01 Å². The molecule has 9 heteroatoms. The first-order valence-corrected chi connectivity index (χ1v) is 14.7. The van der Waals surface area contributed by atoms with Crippen molar-refractivity contribution in [3.05, 3.63) is 70.3 Å². The number of primary amides is 1. The van der Waals surface area contributed by atoms with Crippen LogP contribution in [-0.2, 0) is 9.59 Å². The summed E-state index contributed by atoms with van der Waals surface area (Å²) < 4.78 is 0. The van der Waals surface area contributed by atoms with Crippen LogP contribution in [0.2, 0.25) is 10.0 Å². The minimum Gasteiger partial charge on any atom is -0.399 e. The molecule has 0 aromatic heterocycles. The lowest BCUT2D eigenvalue weighted by Crippen LogP contribution is -2.37. The molecule has 0 bridgehead atoms. The van der Waals surface area contributed by atoms with Crippen LogP contribution in [0, 0.1) is 0 Å². The number of carbonyl (C=O) groups excluding carboxylic acids is 2. The van der Waals surface area contributed by atoms with Crippen LogP contribution in [0.3, 0.4) is 0 Å². The van der Waals surface area contributed by atoms with E-state index >= 15 is 0 Å². The fourth-order valence-electron chi connectivity index (χ4n) is 2.95. The number of hydrogen-bond acceptors (Lipinski definition) is 5. The van der Waals surface area contributed by atoms with Crippen molar-refractivity contribution in [1.82, 2.24) is 5.01 Å². The summed E-state index contributed by atoms with van der Waals surface area (Å²) in [7, 11) is 1.69. The largest absolute Gasteiger partial charge is 0.399 e. The Bertz CT molecular complexity index is 854. The van der Waals surface area contributed by atoms with E-state index in [9.17, 15) is 4.79 Å². The number of hydrogen-bond donors (Lipinski definition) is 3. The summed E-state index contributed by atoms with van der Waals surface area (Å²) in [6.45, 7) is 20.8. The molecule has 0 radical (unpaired) electrons. The number of anilines is 2. The average molecular weight is 601 g/mol.